The van der Waals surface area contributed by atoms with Gasteiger partial charge in [-0.1, -0.05) is 11.6 Å². The number of halogens is 2. The van der Waals surface area contributed by atoms with E-state index in [2.05, 4.69) is 15.6 Å². The lowest BCUT2D eigenvalue weighted by Gasteiger charge is -2.00. The van der Waals surface area contributed by atoms with Gasteiger partial charge in [0, 0.05) is 7.05 Å². The molecule has 0 aliphatic heterocycles. The van der Waals surface area contributed by atoms with E-state index in [0.717, 1.165) is 11.3 Å². The molecule has 0 unspecified atom stereocenters. The van der Waals surface area contributed by atoms with Crippen LogP contribution < -0.4 is 5.43 Å². The normalized spacial score (nSPS) is 11.2. The van der Waals surface area contributed by atoms with Crippen molar-refractivity contribution in [2.45, 2.75) is 6.92 Å². The number of hydrogen-bond donors (Lipinski definition) is 1. The summed E-state index contributed by atoms with van der Waals surface area (Å²) in [5.74, 6) is -0.471. The van der Waals surface area contributed by atoms with Gasteiger partial charge >= 0.3 is 0 Å². The van der Waals surface area contributed by atoms with Gasteiger partial charge in [-0.15, -0.1) is 11.3 Å². The molecule has 0 spiro atoms. The average molecular weight is 301 g/mol. The molecule has 2 heterocycles. The Balaban J connectivity index is 2.07. The smallest absolute Gasteiger partial charge is 0.266 e. The lowest BCUT2D eigenvalue weighted by atomic mass is 10.3. The summed E-state index contributed by atoms with van der Waals surface area (Å²) < 4.78 is 14.1. The van der Waals surface area contributed by atoms with Crippen LogP contribution in [0.15, 0.2) is 17.2 Å². The number of carbonyl (C=O) groups is 1. The van der Waals surface area contributed by atoms with Gasteiger partial charge in [-0.2, -0.15) is 14.6 Å². The quantitative estimate of drug-likeness (QED) is 0.699. The van der Waals surface area contributed by atoms with Crippen molar-refractivity contribution in [3.05, 3.63) is 38.6 Å². The molecule has 100 valence electrons. The summed E-state index contributed by atoms with van der Waals surface area (Å²) in [6.07, 6.45) is 1.36. The first-order valence-corrected chi connectivity index (χ1v) is 6.46. The molecule has 19 heavy (non-hydrogen) atoms. The van der Waals surface area contributed by atoms with E-state index in [1.54, 1.807) is 20.0 Å². The third-order valence-electron chi connectivity index (χ3n) is 2.32. The molecule has 0 aromatic carbocycles. The van der Waals surface area contributed by atoms with Gasteiger partial charge in [0.25, 0.3) is 5.91 Å². The van der Waals surface area contributed by atoms with E-state index < -0.39 is 5.91 Å². The first-order chi connectivity index (χ1) is 8.99. The lowest BCUT2D eigenvalue weighted by molar-refractivity contribution is 0.0946. The molecule has 1 amide bonds. The SMILES string of the molecule is Cc1nn(C)c(C(=O)N/N=C\c2ccc(F)s2)c1Cl. The van der Waals surface area contributed by atoms with Gasteiger partial charge in [-0.3, -0.25) is 9.48 Å². The number of carbonyl (C=O) groups excluding carboxylic acids is 1. The van der Waals surface area contributed by atoms with Crippen molar-refractivity contribution >= 4 is 35.1 Å². The number of aromatic nitrogens is 2. The maximum Gasteiger partial charge on any atom is 0.291 e. The lowest BCUT2D eigenvalue weighted by Crippen LogP contribution is -2.21. The minimum absolute atomic E-state index is 0.230. The maximum absolute atomic E-state index is 12.7. The second kappa shape index (κ2) is 5.50. The Morgan fingerprint density at radius 3 is 2.89 bits per heavy atom. The van der Waals surface area contributed by atoms with E-state index in [0.29, 0.717) is 10.6 Å². The number of nitrogens with one attached hydrogen (secondary N) is 1. The molecule has 8 heteroatoms. The van der Waals surface area contributed by atoms with Gasteiger partial charge in [-0.25, -0.2) is 5.43 Å². The van der Waals surface area contributed by atoms with E-state index in [-0.39, 0.29) is 15.8 Å². The zero-order valence-electron chi connectivity index (χ0n) is 10.1. The fraction of sp³-hybridized carbons (Fsp3) is 0.182. The molecule has 0 radical (unpaired) electrons. The van der Waals surface area contributed by atoms with Crippen LogP contribution in [0.5, 0.6) is 0 Å². The summed E-state index contributed by atoms with van der Waals surface area (Å²) in [6, 6.07) is 2.89. The number of hydrogen-bond acceptors (Lipinski definition) is 4. The van der Waals surface area contributed by atoms with Gasteiger partial charge < -0.3 is 0 Å². The monoisotopic (exact) mass is 300 g/mol. The molecule has 0 saturated heterocycles. The number of hydrazone groups is 1. The predicted octanol–water partition coefficient (Wildman–Crippen LogP) is 2.35. The summed E-state index contributed by atoms with van der Waals surface area (Å²) in [4.78, 5) is 12.5. The van der Waals surface area contributed by atoms with Gasteiger partial charge in [-0.05, 0) is 19.1 Å². The molecule has 0 aliphatic carbocycles. The summed E-state index contributed by atoms with van der Waals surface area (Å²) in [5.41, 5.74) is 3.12. The van der Waals surface area contributed by atoms with Crippen LogP contribution in [0.3, 0.4) is 0 Å². The van der Waals surface area contributed by atoms with Crippen LogP contribution in [0.2, 0.25) is 5.02 Å². The van der Waals surface area contributed by atoms with E-state index in [1.807, 2.05) is 0 Å². The number of nitrogens with zero attached hydrogens (tertiary/aromatic N) is 3. The number of aryl methyl sites for hydroxylation is 2. The molecular formula is C11H10ClFN4OS. The average Bonchev–Trinajstić information content (AvgIpc) is 2.84. The summed E-state index contributed by atoms with van der Waals surface area (Å²) in [5, 5.41) is 7.75. The van der Waals surface area contributed by atoms with Crippen molar-refractivity contribution in [3.63, 3.8) is 0 Å². The Kier molecular flexibility index (Phi) is 3.96. The summed E-state index contributed by atoms with van der Waals surface area (Å²) in [7, 11) is 1.62. The standard InChI is InChI=1S/C11H10ClFN4OS/c1-6-9(12)10(17(2)16-6)11(18)15-14-5-7-3-4-8(13)19-7/h3-5H,1-2H3,(H,15,18)/b14-5-. The molecular weight excluding hydrogens is 291 g/mol. The van der Waals surface area contributed by atoms with Crippen molar-refractivity contribution in [1.82, 2.24) is 15.2 Å². The van der Waals surface area contributed by atoms with Crippen LogP contribution in [0, 0.1) is 12.1 Å². The van der Waals surface area contributed by atoms with E-state index in [4.69, 9.17) is 11.6 Å². The summed E-state index contributed by atoms with van der Waals surface area (Å²) in [6.45, 7) is 1.71. The minimum Gasteiger partial charge on any atom is -0.266 e. The largest absolute Gasteiger partial charge is 0.291 e. The molecule has 2 rings (SSSR count). The van der Waals surface area contributed by atoms with Crippen molar-refractivity contribution < 1.29 is 9.18 Å². The Hall–Kier alpha value is -1.73. The molecule has 2 aromatic heterocycles. The second-order valence-corrected chi connectivity index (χ2v) is 5.16. The fourth-order valence-electron chi connectivity index (χ4n) is 1.48. The highest BCUT2D eigenvalue weighted by Crippen LogP contribution is 2.19. The Labute approximate surface area is 117 Å². The minimum atomic E-state index is -0.471. The van der Waals surface area contributed by atoms with E-state index >= 15 is 0 Å². The highest BCUT2D eigenvalue weighted by molar-refractivity contribution is 7.12. The molecule has 0 atom stereocenters. The van der Waals surface area contributed by atoms with Crippen LogP contribution in [0.1, 0.15) is 21.1 Å². The first kappa shape index (κ1) is 13.7. The number of rotatable bonds is 3. The maximum atomic E-state index is 12.7. The zero-order valence-corrected chi connectivity index (χ0v) is 11.7. The number of amides is 1. The molecule has 5 nitrogen and oxygen atoms in total. The van der Waals surface area contributed by atoms with Crippen molar-refractivity contribution in [2.24, 2.45) is 12.1 Å². The molecule has 2 aromatic rings. The number of thiophene rings is 1. The molecule has 0 aliphatic rings. The second-order valence-electron chi connectivity index (χ2n) is 3.71. The van der Waals surface area contributed by atoms with Crippen LogP contribution >= 0.6 is 22.9 Å². The third kappa shape index (κ3) is 2.99. The van der Waals surface area contributed by atoms with Crippen LogP contribution in [-0.4, -0.2) is 21.9 Å². The predicted molar refractivity (Wildman–Crippen MR) is 72.3 cm³/mol. The van der Waals surface area contributed by atoms with Crippen LogP contribution in [0.25, 0.3) is 0 Å². The molecule has 0 bridgehead atoms. The van der Waals surface area contributed by atoms with Crippen molar-refractivity contribution in [3.8, 4) is 0 Å². The Morgan fingerprint density at radius 1 is 1.63 bits per heavy atom. The van der Waals surface area contributed by atoms with Crippen molar-refractivity contribution in [1.29, 1.82) is 0 Å². The highest BCUT2D eigenvalue weighted by Gasteiger charge is 2.17. The van der Waals surface area contributed by atoms with Gasteiger partial charge in [0.2, 0.25) is 0 Å². The first-order valence-electron chi connectivity index (χ1n) is 5.27. The molecule has 0 saturated carbocycles. The van der Waals surface area contributed by atoms with Gasteiger partial charge in [0.1, 0.15) is 5.69 Å². The topological polar surface area (TPSA) is 59.3 Å². The highest BCUT2D eigenvalue weighted by atomic mass is 35.5. The third-order valence-corrected chi connectivity index (χ3v) is 3.58. The Bertz CT molecular complexity index is 649. The summed E-state index contributed by atoms with van der Waals surface area (Å²) >= 11 is 6.90. The van der Waals surface area contributed by atoms with E-state index in [1.165, 1.54) is 17.0 Å². The van der Waals surface area contributed by atoms with Gasteiger partial charge in [0.05, 0.1) is 21.8 Å². The van der Waals surface area contributed by atoms with Gasteiger partial charge in [0.15, 0.2) is 5.13 Å². The Morgan fingerprint density at radius 2 is 2.37 bits per heavy atom. The molecule has 0 fully saturated rings. The van der Waals surface area contributed by atoms with Crippen LogP contribution in [-0.2, 0) is 7.05 Å². The molecule has 1 N–H and O–H groups in total. The van der Waals surface area contributed by atoms with E-state index in [9.17, 15) is 9.18 Å². The zero-order chi connectivity index (χ0) is 14.0. The van der Waals surface area contributed by atoms with Crippen LogP contribution in [0.4, 0.5) is 4.39 Å². The van der Waals surface area contributed by atoms with Crippen molar-refractivity contribution in [2.75, 3.05) is 0 Å². The fourth-order valence-corrected chi connectivity index (χ4v) is 2.33.